The van der Waals surface area contributed by atoms with E-state index in [9.17, 15) is 4.79 Å². The van der Waals surface area contributed by atoms with Crippen molar-refractivity contribution < 1.29 is 9.53 Å². The maximum atomic E-state index is 11.6. The van der Waals surface area contributed by atoms with Gasteiger partial charge in [0.05, 0.1) is 6.10 Å². The zero-order valence-electron chi connectivity index (χ0n) is 10.6. The number of carbonyl (C=O) groups excluding carboxylic acids is 1. The SMILES string of the molecule is CCCNC(=O)C(C)OC1CCC(C)NC1. The lowest BCUT2D eigenvalue weighted by molar-refractivity contribution is -0.136. The summed E-state index contributed by atoms with van der Waals surface area (Å²) in [6.45, 7) is 7.62. The van der Waals surface area contributed by atoms with Crippen LogP contribution in [0.25, 0.3) is 0 Å². The molecule has 1 saturated heterocycles. The molecule has 4 nitrogen and oxygen atoms in total. The molecule has 1 amide bonds. The van der Waals surface area contributed by atoms with Crippen LogP contribution < -0.4 is 10.6 Å². The van der Waals surface area contributed by atoms with Gasteiger partial charge in [0, 0.05) is 19.1 Å². The summed E-state index contributed by atoms with van der Waals surface area (Å²) in [7, 11) is 0. The van der Waals surface area contributed by atoms with Gasteiger partial charge in [0.15, 0.2) is 0 Å². The molecule has 1 rings (SSSR count). The highest BCUT2D eigenvalue weighted by Gasteiger charge is 2.22. The third kappa shape index (κ3) is 4.49. The van der Waals surface area contributed by atoms with Gasteiger partial charge in [-0.05, 0) is 33.1 Å². The van der Waals surface area contributed by atoms with Gasteiger partial charge in [-0.15, -0.1) is 0 Å². The minimum absolute atomic E-state index is 0.000437. The molecule has 1 fully saturated rings. The molecule has 0 aliphatic carbocycles. The topological polar surface area (TPSA) is 50.4 Å². The van der Waals surface area contributed by atoms with Crippen molar-refractivity contribution >= 4 is 5.91 Å². The number of piperidine rings is 1. The van der Waals surface area contributed by atoms with Gasteiger partial charge in [-0.1, -0.05) is 6.92 Å². The Hall–Kier alpha value is -0.610. The molecular formula is C12H24N2O2. The van der Waals surface area contributed by atoms with Gasteiger partial charge < -0.3 is 15.4 Å². The van der Waals surface area contributed by atoms with Crippen LogP contribution in [-0.2, 0) is 9.53 Å². The molecule has 16 heavy (non-hydrogen) atoms. The molecule has 1 heterocycles. The molecule has 0 radical (unpaired) electrons. The molecule has 0 saturated carbocycles. The zero-order chi connectivity index (χ0) is 12.0. The third-order valence-electron chi connectivity index (χ3n) is 2.93. The second-order valence-electron chi connectivity index (χ2n) is 4.58. The molecule has 0 bridgehead atoms. The number of hydrogen-bond acceptors (Lipinski definition) is 3. The normalized spacial score (nSPS) is 27.4. The standard InChI is InChI=1S/C12H24N2O2/c1-4-7-13-12(15)10(3)16-11-6-5-9(2)14-8-11/h9-11,14H,4-8H2,1-3H3,(H,13,15). The average Bonchev–Trinajstić information content (AvgIpc) is 2.29. The van der Waals surface area contributed by atoms with Crippen LogP contribution in [-0.4, -0.2) is 37.2 Å². The summed E-state index contributed by atoms with van der Waals surface area (Å²) >= 11 is 0. The van der Waals surface area contributed by atoms with E-state index in [2.05, 4.69) is 17.6 Å². The second kappa shape index (κ2) is 6.86. The molecule has 1 aliphatic heterocycles. The highest BCUT2D eigenvalue weighted by atomic mass is 16.5. The molecule has 0 aromatic heterocycles. The van der Waals surface area contributed by atoms with Crippen molar-refractivity contribution in [3.8, 4) is 0 Å². The Bertz CT molecular complexity index is 213. The Labute approximate surface area is 98.1 Å². The first-order valence-electron chi connectivity index (χ1n) is 6.30. The van der Waals surface area contributed by atoms with Crippen LogP contribution in [0.1, 0.15) is 40.0 Å². The summed E-state index contributed by atoms with van der Waals surface area (Å²) in [5, 5.41) is 6.21. The quantitative estimate of drug-likeness (QED) is 0.739. The Morgan fingerprint density at radius 3 is 2.88 bits per heavy atom. The smallest absolute Gasteiger partial charge is 0.248 e. The lowest BCUT2D eigenvalue weighted by Crippen LogP contribution is -2.45. The molecule has 1 aliphatic rings. The second-order valence-corrected chi connectivity index (χ2v) is 4.58. The first-order valence-corrected chi connectivity index (χ1v) is 6.30. The van der Waals surface area contributed by atoms with Gasteiger partial charge in [0.25, 0.3) is 0 Å². The van der Waals surface area contributed by atoms with Gasteiger partial charge >= 0.3 is 0 Å². The van der Waals surface area contributed by atoms with Gasteiger partial charge in [-0.2, -0.15) is 0 Å². The summed E-state index contributed by atoms with van der Waals surface area (Å²) < 4.78 is 5.72. The summed E-state index contributed by atoms with van der Waals surface area (Å²) in [6.07, 6.45) is 2.96. The highest BCUT2D eigenvalue weighted by molar-refractivity contribution is 5.80. The summed E-state index contributed by atoms with van der Waals surface area (Å²) in [6, 6.07) is 0.573. The average molecular weight is 228 g/mol. The van der Waals surface area contributed by atoms with Crippen molar-refractivity contribution in [3.63, 3.8) is 0 Å². The van der Waals surface area contributed by atoms with E-state index in [4.69, 9.17) is 4.74 Å². The number of amides is 1. The first kappa shape index (κ1) is 13.5. The van der Waals surface area contributed by atoms with E-state index in [1.807, 2.05) is 13.8 Å². The lowest BCUT2D eigenvalue weighted by Gasteiger charge is -2.29. The monoisotopic (exact) mass is 228 g/mol. The predicted molar refractivity (Wildman–Crippen MR) is 64.3 cm³/mol. The van der Waals surface area contributed by atoms with Crippen molar-refractivity contribution in [2.24, 2.45) is 0 Å². The van der Waals surface area contributed by atoms with Crippen molar-refractivity contribution in [2.75, 3.05) is 13.1 Å². The van der Waals surface area contributed by atoms with Crippen LogP contribution in [0.15, 0.2) is 0 Å². The predicted octanol–water partition coefficient (Wildman–Crippen LogP) is 1.06. The summed E-state index contributed by atoms with van der Waals surface area (Å²) in [5.74, 6) is 0.000437. The molecule has 3 atom stereocenters. The minimum Gasteiger partial charge on any atom is -0.364 e. The van der Waals surface area contributed by atoms with Crippen LogP contribution in [0.4, 0.5) is 0 Å². The van der Waals surface area contributed by atoms with Crippen LogP contribution >= 0.6 is 0 Å². The number of rotatable bonds is 5. The Balaban J connectivity index is 2.22. The molecule has 2 N–H and O–H groups in total. The molecule has 3 unspecified atom stereocenters. The Kier molecular flexibility index (Phi) is 5.77. The van der Waals surface area contributed by atoms with Crippen molar-refractivity contribution in [3.05, 3.63) is 0 Å². The van der Waals surface area contributed by atoms with Crippen molar-refractivity contribution in [1.82, 2.24) is 10.6 Å². The van der Waals surface area contributed by atoms with E-state index >= 15 is 0 Å². The molecule has 0 aromatic rings. The van der Waals surface area contributed by atoms with Gasteiger partial charge in [0.1, 0.15) is 6.10 Å². The molecular weight excluding hydrogens is 204 g/mol. The van der Waals surface area contributed by atoms with Crippen molar-refractivity contribution in [2.45, 2.75) is 58.3 Å². The van der Waals surface area contributed by atoms with Crippen LogP contribution in [0.5, 0.6) is 0 Å². The Morgan fingerprint density at radius 1 is 1.56 bits per heavy atom. The molecule has 0 aromatic carbocycles. The summed E-state index contributed by atoms with van der Waals surface area (Å²) in [4.78, 5) is 11.6. The molecule has 94 valence electrons. The molecule has 0 spiro atoms. The van der Waals surface area contributed by atoms with Crippen LogP contribution in [0.3, 0.4) is 0 Å². The van der Waals surface area contributed by atoms with E-state index in [0.717, 1.165) is 32.4 Å². The fourth-order valence-corrected chi connectivity index (χ4v) is 1.83. The Morgan fingerprint density at radius 2 is 2.31 bits per heavy atom. The fourth-order valence-electron chi connectivity index (χ4n) is 1.83. The maximum Gasteiger partial charge on any atom is 0.248 e. The van der Waals surface area contributed by atoms with E-state index < -0.39 is 0 Å². The van der Waals surface area contributed by atoms with Crippen molar-refractivity contribution in [1.29, 1.82) is 0 Å². The van der Waals surface area contributed by atoms with Gasteiger partial charge in [0.2, 0.25) is 5.91 Å². The first-order chi connectivity index (χ1) is 7.63. The largest absolute Gasteiger partial charge is 0.364 e. The minimum atomic E-state index is -0.341. The highest BCUT2D eigenvalue weighted by Crippen LogP contribution is 2.12. The van der Waals surface area contributed by atoms with E-state index in [1.54, 1.807) is 0 Å². The zero-order valence-corrected chi connectivity index (χ0v) is 10.6. The fraction of sp³-hybridized carbons (Fsp3) is 0.917. The van der Waals surface area contributed by atoms with E-state index in [-0.39, 0.29) is 18.1 Å². The van der Waals surface area contributed by atoms with Gasteiger partial charge in [-0.3, -0.25) is 4.79 Å². The van der Waals surface area contributed by atoms with Gasteiger partial charge in [-0.25, -0.2) is 0 Å². The van der Waals surface area contributed by atoms with Crippen LogP contribution in [0, 0.1) is 0 Å². The number of nitrogens with one attached hydrogen (secondary N) is 2. The van der Waals surface area contributed by atoms with E-state index in [0.29, 0.717) is 6.04 Å². The van der Waals surface area contributed by atoms with Crippen LogP contribution in [0.2, 0.25) is 0 Å². The number of carbonyl (C=O) groups is 1. The van der Waals surface area contributed by atoms with E-state index in [1.165, 1.54) is 0 Å². The maximum absolute atomic E-state index is 11.6. The summed E-state index contributed by atoms with van der Waals surface area (Å²) in [5.41, 5.74) is 0. The number of ether oxygens (including phenoxy) is 1. The molecule has 4 heteroatoms. The third-order valence-corrected chi connectivity index (χ3v) is 2.93. The number of hydrogen-bond donors (Lipinski definition) is 2. The lowest BCUT2D eigenvalue weighted by atomic mass is 10.0.